The number of aromatic nitrogens is 4. The van der Waals surface area contributed by atoms with Crippen LogP contribution in [0, 0.1) is 0 Å². The van der Waals surface area contributed by atoms with Crippen molar-refractivity contribution in [3.8, 4) is 11.4 Å². The summed E-state index contributed by atoms with van der Waals surface area (Å²) in [6.07, 6.45) is -4.22. The van der Waals surface area contributed by atoms with Gasteiger partial charge in [-0.25, -0.2) is 0 Å². The van der Waals surface area contributed by atoms with Gasteiger partial charge in [0, 0.05) is 4.80 Å². The monoisotopic (exact) mass is 355 g/mol. The van der Waals surface area contributed by atoms with Gasteiger partial charge in [-0.05, 0) is 34.2 Å². The third-order valence-corrected chi connectivity index (χ3v) is 4.34. The Kier molecular flexibility index (Phi) is 4.48. The second-order valence-corrected chi connectivity index (χ2v) is 6.07. The van der Waals surface area contributed by atoms with Gasteiger partial charge in [-0.2, -0.15) is 0 Å². The minimum absolute atomic E-state index is 0.222. The van der Waals surface area contributed by atoms with Crippen LogP contribution in [0.1, 0.15) is 11.9 Å². The van der Waals surface area contributed by atoms with E-state index in [1.807, 2.05) is 60.7 Å². The van der Waals surface area contributed by atoms with Crippen LogP contribution in [0.25, 0.3) is 11.4 Å². The van der Waals surface area contributed by atoms with Gasteiger partial charge in [0.2, 0.25) is 0 Å². The van der Waals surface area contributed by atoms with Gasteiger partial charge in [-0.1, -0.05) is 36.4 Å². The molecular formula is C18H19N4O4+. The lowest BCUT2D eigenvalue weighted by Crippen LogP contribution is -2.43. The first kappa shape index (κ1) is 16.8. The van der Waals surface area contributed by atoms with Crippen LogP contribution in [-0.4, -0.2) is 55.2 Å². The number of rotatable bonds is 4. The molecule has 1 aromatic heterocycles. The highest BCUT2D eigenvalue weighted by Gasteiger charge is 2.48. The summed E-state index contributed by atoms with van der Waals surface area (Å²) in [6.45, 7) is -0.396. The second-order valence-electron chi connectivity index (χ2n) is 6.07. The molecule has 0 radical (unpaired) electrons. The van der Waals surface area contributed by atoms with Gasteiger partial charge in [0.15, 0.2) is 11.8 Å². The number of hydrogen-bond acceptors (Lipinski definition) is 6. The Morgan fingerprint density at radius 1 is 0.962 bits per heavy atom. The number of tetrazole rings is 1. The Labute approximate surface area is 149 Å². The van der Waals surface area contributed by atoms with E-state index in [4.69, 9.17) is 4.74 Å². The SMILES string of the molecule is OCC1OC(c2nn(-c3ccccc3)[n+](-c3ccccc3)n2)C(O)C1O. The van der Waals surface area contributed by atoms with Gasteiger partial charge in [-0.15, -0.1) is 0 Å². The van der Waals surface area contributed by atoms with Crippen LogP contribution >= 0.6 is 0 Å². The summed E-state index contributed by atoms with van der Waals surface area (Å²) in [6, 6.07) is 18.9. The molecular weight excluding hydrogens is 336 g/mol. The molecule has 1 aliphatic rings. The molecule has 0 saturated carbocycles. The molecule has 134 valence electrons. The molecule has 8 nitrogen and oxygen atoms in total. The molecule has 4 unspecified atom stereocenters. The molecule has 0 aliphatic carbocycles. The third kappa shape index (κ3) is 2.89. The first-order valence-electron chi connectivity index (χ1n) is 8.32. The summed E-state index contributed by atoms with van der Waals surface area (Å²) in [5, 5.41) is 38.5. The summed E-state index contributed by atoms with van der Waals surface area (Å²) < 4.78 is 5.56. The van der Waals surface area contributed by atoms with Crippen molar-refractivity contribution in [3.05, 3.63) is 66.5 Å². The molecule has 4 atom stereocenters. The number of para-hydroxylation sites is 2. The van der Waals surface area contributed by atoms with Crippen molar-refractivity contribution in [2.45, 2.75) is 24.4 Å². The molecule has 8 heteroatoms. The smallest absolute Gasteiger partial charge is 0.340 e. The molecule has 4 rings (SSSR count). The van der Waals surface area contributed by atoms with Crippen LogP contribution in [0.2, 0.25) is 0 Å². The van der Waals surface area contributed by atoms with Crippen molar-refractivity contribution in [2.24, 2.45) is 0 Å². The Hall–Kier alpha value is -2.65. The number of aliphatic hydroxyl groups is 3. The van der Waals surface area contributed by atoms with E-state index in [0.717, 1.165) is 11.4 Å². The van der Waals surface area contributed by atoms with Crippen LogP contribution in [0.15, 0.2) is 60.7 Å². The standard InChI is InChI=1S/C18H19N4O4/c23-11-14-15(24)16(25)17(26-14)18-19-21(12-7-3-1-4-8-12)22(20-18)13-9-5-2-6-10-13/h1-10,14-17,23-25H,11H2/q+1. The predicted octanol–water partition coefficient (Wildman–Crippen LogP) is -0.302. The van der Waals surface area contributed by atoms with Gasteiger partial charge in [0.25, 0.3) is 0 Å². The number of hydrogen-bond donors (Lipinski definition) is 3. The molecule has 3 aromatic rings. The van der Waals surface area contributed by atoms with Gasteiger partial charge < -0.3 is 20.1 Å². The highest BCUT2D eigenvalue weighted by molar-refractivity contribution is 5.28. The summed E-state index contributed by atoms with van der Waals surface area (Å²) in [7, 11) is 0. The Balaban J connectivity index is 1.80. The molecule has 3 N–H and O–H groups in total. The van der Waals surface area contributed by atoms with E-state index in [2.05, 4.69) is 10.2 Å². The van der Waals surface area contributed by atoms with Crippen LogP contribution < -0.4 is 4.80 Å². The minimum Gasteiger partial charge on any atom is -0.394 e. The van der Waals surface area contributed by atoms with Crippen molar-refractivity contribution in [3.63, 3.8) is 0 Å². The van der Waals surface area contributed by atoms with Gasteiger partial charge in [0.05, 0.1) is 11.7 Å². The van der Waals surface area contributed by atoms with Crippen LogP contribution in [-0.2, 0) is 4.74 Å². The predicted molar refractivity (Wildman–Crippen MR) is 89.6 cm³/mol. The second kappa shape index (κ2) is 6.93. The fraction of sp³-hybridized carbons (Fsp3) is 0.278. The first-order valence-corrected chi connectivity index (χ1v) is 8.32. The molecule has 2 heterocycles. The molecule has 2 aromatic carbocycles. The lowest BCUT2D eigenvalue weighted by atomic mass is 10.1. The summed E-state index contributed by atoms with van der Waals surface area (Å²) in [5.74, 6) is 0.222. The van der Waals surface area contributed by atoms with E-state index in [1.54, 1.807) is 9.59 Å². The minimum atomic E-state index is -1.22. The largest absolute Gasteiger partial charge is 0.394 e. The molecule has 0 amide bonds. The molecule has 1 saturated heterocycles. The molecule has 0 spiro atoms. The van der Waals surface area contributed by atoms with Crippen LogP contribution in [0.4, 0.5) is 0 Å². The molecule has 26 heavy (non-hydrogen) atoms. The molecule has 0 bridgehead atoms. The lowest BCUT2D eigenvalue weighted by Gasteiger charge is -2.10. The fourth-order valence-electron chi connectivity index (χ4n) is 2.98. The first-order chi connectivity index (χ1) is 12.7. The summed E-state index contributed by atoms with van der Waals surface area (Å²) in [4.78, 5) is 3.19. The Bertz CT molecular complexity index is 814. The van der Waals surface area contributed by atoms with E-state index < -0.39 is 31.0 Å². The van der Waals surface area contributed by atoms with E-state index >= 15 is 0 Å². The zero-order valence-corrected chi connectivity index (χ0v) is 13.8. The van der Waals surface area contributed by atoms with E-state index in [1.165, 1.54) is 0 Å². The average molecular weight is 355 g/mol. The summed E-state index contributed by atoms with van der Waals surface area (Å²) >= 11 is 0. The maximum absolute atomic E-state index is 10.3. The Morgan fingerprint density at radius 3 is 2.23 bits per heavy atom. The van der Waals surface area contributed by atoms with Crippen molar-refractivity contribution in [1.29, 1.82) is 0 Å². The highest BCUT2D eigenvalue weighted by atomic mass is 16.6. The number of benzene rings is 2. The van der Waals surface area contributed by atoms with E-state index in [9.17, 15) is 15.3 Å². The highest BCUT2D eigenvalue weighted by Crippen LogP contribution is 2.31. The normalized spacial score (nSPS) is 25.5. The van der Waals surface area contributed by atoms with Gasteiger partial charge in [-0.3, -0.25) is 0 Å². The zero-order valence-electron chi connectivity index (χ0n) is 13.8. The maximum atomic E-state index is 10.3. The Morgan fingerprint density at radius 2 is 1.62 bits per heavy atom. The van der Waals surface area contributed by atoms with Gasteiger partial charge in [0.1, 0.15) is 24.0 Å². The van der Waals surface area contributed by atoms with Crippen molar-refractivity contribution >= 4 is 0 Å². The molecule has 1 aliphatic heterocycles. The van der Waals surface area contributed by atoms with Gasteiger partial charge >= 0.3 is 5.82 Å². The third-order valence-electron chi connectivity index (χ3n) is 4.34. The van der Waals surface area contributed by atoms with Crippen LogP contribution in [0.3, 0.4) is 0 Å². The van der Waals surface area contributed by atoms with Crippen LogP contribution in [0.5, 0.6) is 0 Å². The summed E-state index contributed by atoms with van der Waals surface area (Å²) in [5.41, 5.74) is 1.56. The van der Waals surface area contributed by atoms with E-state index in [-0.39, 0.29) is 5.82 Å². The van der Waals surface area contributed by atoms with Crippen molar-refractivity contribution < 1.29 is 24.9 Å². The average Bonchev–Trinajstić information content (AvgIpc) is 3.25. The number of nitrogens with zero attached hydrogens (tertiary/aromatic N) is 4. The lowest BCUT2D eigenvalue weighted by molar-refractivity contribution is -0.735. The van der Waals surface area contributed by atoms with E-state index in [0.29, 0.717) is 0 Å². The van der Waals surface area contributed by atoms with Crippen molar-refractivity contribution in [2.75, 3.05) is 6.61 Å². The quantitative estimate of drug-likeness (QED) is 0.555. The maximum Gasteiger partial charge on any atom is 0.340 e. The topological polar surface area (TPSA) is 105 Å². The van der Waals surface area contributed by atoms with Crippen molar-refractivity contribution in [1.82, 2.24) is 15.0 Å². The fourth-order valence-corrected chi connectivity index (χ4v) is 2.98. The number of ether oxygens (including phenoxy) is 1. The number of aliphatic hydroxyl groups excluding tert-OH is 3. The zero-order chi connectivity index (χ0) is 18.1. The molecule has 1 fully saturated rings.